The maximum absolute atomic E-state index is 12.7. The number of ether oxygens (including phenoxy) is 1. The fourth-order valence-corrected chi connectivity index (χ4v) is 3.99. The molecule has 3 rings (SSSR count). The molecule has 0 spiro atoms. The van der Waals surface area contributed by atoms with Gasteiger partial charge in [-0.3, -0.25) is 9.52 Å². The predicted octanol–water partition coefficient (Wildman–Crippen LogP) is 2.92. The number of carbonyl (C=O) groups is 1. The van der Waals surface area contributed by atoms with Crippen molar-refractivity contribution in [3.05, 3.63) is 58.6 Å². The van der Waals surface area contributed by atoms with Crippen LogP contribution in [0.2, 0.25) is 5.02 Å². The average Bonchev–Trinajstić information content (AvgIpc) is 2.65. The number of amides is 1. The Morgan fingerprint density at radius 3 is 2.62 bits per heavy atom. The summed E-state index contributed by atoms with van der Waals surface area (Å²) < 4.78 is 33.2. The van der Waals surface area contributed by atoms with Crippen molar-refractivity contribution in [1.82, 2.24) is 4.90 Å². The van der Waals surface area contributed by atoms with Gasteiger partial charge >= 0.3 is 0 Å². The zero-order chi connectivity index (χ0) is 18.7. The van der Waals surface area contributed by atoms with Crippen LogP contribution in [0.3, 0.4) is 0 Å². The Bertz CT molecular complexity index is 925. The van der Waals surface area contributed by atoms with Crippen molar-refractivity contribution in [3.63, 3.8) is 0 Å². The molecular formula is C18H19ClN2O4S. The first-order valence-electron chi connectivity index (χ1n) is 8.13. The van der Waals surface area contributed by atoms with Gasteiger partial charge in [0.15, 0.2) is 0 Å². The van der Waals surface area contributed by atoms with Gasteiger partial charge < -0.3 is 9.64 Å². The van der Waals surface area contributed by atoms with Crippen LogP contribution in [0.5, 0.6) is 0 Å². The van der Waals surface area contributed by atoms with Gasteiger partial charge in [0.2, 0.25) is 0 Å². The lowest BCUT2D eigenvalue weighted by Crippen LogP contribution is -2.40. The van der Waals surface area contributed by atoms with E-state index in [0.717, 1.165) is 5.56 Å². The number of halogens is 1. The third-order valence-corrected chi connectivity index (χ3v) is 5.73. The number of sulfonamides is 1. The van der Waals surface area contributed by atoms with Crippen molar-refractivity contribution in [2.45, 2.75) is 11.8 Å². The van der Waals surface area contributed by atoms with Crippen LogP contribution in [0.1, 0.15) is 15.9 Å². The Morgan fingerprint density at radius 2 is 1.88 bits per heavy atom. The zero-order valence-electron chi connectivity index (χ0n) is 14.2. The molecular weight excluding hydrogens is 376 g/mol. The minimum atomic E-state index is -3.84. The highest BCUT2D eigenvalue weighted by Crippen LogP contribution is 2.24. The summed E-state index contributed by atoms with van der Waals surface area (Å²) in [5.41, 5.74) is 1.48. The summed E-state index contributed by atoms with van der Waals surface area (Å²) in [6.45, 7) is 3.75. The van der Waals surface area contributed by atoms with Gasteiger partial charge in [-0.15, -0.1) is 0 Å². The van der Waals surface area contributed by atoms with Crippen molar-refractivity contribution < 1.29 is 17.9 Å². The van der Waals surface area contributed by atoms with Crippen LogP contribution in [-0.4, -0.2) is 45.5 Å². The lowest BCUT2D eigenvalue weighted by Gasteiger charge is -2.27. The van der Waals surface area contributed by atoms with Gasteiger partial charge in [-0.1, -0.05) is 23.7 Å². The summed E-state index contributed by atoms with van der Waals surface area (Å²) in [4.78, 5) is 14.3. The van der Waals surface area contributed by atoms with E-state index in [1.165, 1.54) is 12.1 Å². The van der Waals surface area contributed by atoms with E-state index in [-0.39, 0.29) is 10.8 Å². The molecule has 0 radical (unpaired) electrons. The van der Waals surface area contributed by atoms with Crippen LogP contribution < -0.4 is 4.72 Å². The summed E-state index contributed by atoms with van der Waals surface area (Å²) in [6.07, 6.45) is 0. The van der Waals surface area contributed by atoms with E-state index < -0.39 is 10.0 Å². The molecule has 6 nitrogen and oxygen atoms in total. The van der Waals surface area contributed by atoms with Crippen LogP contribution >= 0.6 is 11.6 Å². The number of benzene rings is 2. The summed E-state index contributed by atoms with van der Waals surface area (Å²) >= 11 is 5.95. The summed E-state index contributed by atoms with van der Waals surface area (Å²) in [7, 11) is -3.84. The molecule has 1 aliphatic rings. The lowest BCUT2D eigenvalue weighted by molar-refractivity contribution is 0.0302. The van der Waals surface area contributed by atoms with Crippen LogP contribution in [-0.2, 0) is 14.8 Å². The summed E-state index contributed by atoms with van der Waals surface area (Å²) in [5, 5.41) is 0.435. The Kier molecular flexibility index (Phi) is 5.50. The fraction of sp³-hybridized carbons (Fsp3) is 0.278. The van der Waals surface area contributed by atoms with Crippen LogP contribution in [0.25, 0.3) is 0 Å². The Morgan fingerprint density at radius 1 is 1.15 bits per heavy atom. The Hall–Kier alpha value is -2.09. The molecule has 0 bridgehead atoms. The monoisotopic (exact) mass is 394 g/mol. The van der Waals surface area contributed by atoms with Crippen LogP contribution in [0, 0.1) is 6.92 Å². The molecule has 2 aromatic rings. The largest absolute Gasteiger partial charge is 0.378 e. The minimum absolute atomic E-state index is 0.0241. The molecule has 1 aliphatic heterocycles. The summed E-state index contributed by atoms with van der Waals surface area (Å²) in [5.74, 6) is -0.204. The summed E-state index contributed by atoms with van der Waals surface area (Å²) in [6, 6.07) is 11.0. The van der Waals surface area contributed by atoms with Gasteiger partial charge in [0.05, 0.1) is 23.8 Å². The Balaban J connectivity index is 1.86. The normalized spacial score (nSPS) is 14.9. The highest BCUT2D eigenvalue weighted by molar-refractivity contribution is 7.92. The van der Waals surface area contributed by atoms with Crippen molar-refractivity contribution in [2.75, 3.05) is 31.0 Å². The maximum atomic E-state index is 12.7. The fourth-order valence-electron chi connectivity index (χ4n) is 2.65. The molecule has 8 heteroatoms. The number of nitrogens with one attached hydrogen (secondary N) is 1. The first-order valence-corrected chi connectivity index (χ1v) is 9.99. The molecule has 0 unspecified atom stereocenters. The van der Waals surface area contributed by atoms with E-state index in [4.69, 9.17) is 16.3 Å². The topological polar surface area (TPSA) is 75.7 Å². The molecule has 1 N–H and O–H groups in total. The second-order valence-electron chi connectivity index (χ2n) is 6.00. The molecule has 26 heavy (non-hydrogen) atoms. The number of rotatable bonds is 4. The van der Waals surface area contributed by atoms with Gasteiger partial charge in [-0.2, -0.15) is 0 Å². The highest BCUT2D eigenvalue weighted by Gasteiger charge is 2.21. The first-order chi connectivity index (χ1) is 12.4. The smallest absolute Gasteiger partial charge is 0.261 e. The van der Waals surface area contributed by atoms with E-state index in [2.05, 4.69) is 4.72 Å². The standard InChI is InChI=1S/C18H19ClN2O4S/c1-13-5-6-15(19)12-17(13)20-26(23,24)16-4-2-3-14(11-16)18(22)21-7-9-25-10-8-21/h2-6,11-12,20H,7-10H2,1H3. The molecule has 0 aliphatic carbocycles. The van der Waals surface area contributed by atoms with E-state index in [0.29, 0.717) is 42.6 Å². The number of hydrogen-bond acceptors (Lipinski definition) is 4. The van der Waals surface area contributed by atoms with Gasteiger partial charge in [0.1, 0.15) is 0 Å². The van der Waals surface area contributed by atoms with Gasteiger partial charge in [-0.25, -0.2) is 8.42 Å². The van der Waals surface area contributed by atoms with E-state index in [1.54, 1.807) is 42.2 Å². The van der Waals surface area contributed by atoms with Crippen molar-refractivity contribution in [2.24, 2.45) is 0 Å². The van der Waals surface area contributed by atoms with Gasteiger partial charge in [0, 0.05) is 23.7 Å². The zero-order valence-corrected chi connectivity index (χ0v) is 15.8. The SMILES string of the molecule is Cc1ccc(Cl)cc1NS(=O)(=O)c1cccc(C(=O)N2CCOCC2)c1. The number of nitrogens with zero attached hydrogens (tertiary/aromatic N) is 1. The van der Waals surface area contributed by atoms with Crippen molar-refractivity contribution in [1.29, 1.82) is 0 Å². The van der Waals surface area contributed by atoms with Crippen LogP contribution in [0.4, 0.5) is 5.69 Å². The van der Waals surface area contributed by atoms with Crippen LogP contribution in [0.15, 0.2) is 47.4 Å². The van der Waals surface area contributed by atoms with E-state index in [1.807, 2.05) is 0 Å². The number of aryl methyl sites for hydroxylation is 1. The van der Waals surface area contributed by atoms with E-state index >= 15 is 0 Å². The predicted molar refractivity (Wildman–Crippen MR) is 100 cm³/mol. The number of morpholine rings is 1. The van der Waals surface area contributed by atoms with E-state index in [9.17, 15) is 13.2 Å². The molecule has 1 saturated heterocycles. The quantitative estimate of drug-likeness (QED) is 0.865. The second kappa shape index (κ2) is 7.65. The maximum Gasteiger partial charge on any atom is 0.261 e. The molecule has 0 saturated carbocycles. The molecule has 0 atom stereocenters. The molecule has 1 amide bonds. The molecule has 2 aromatic carbocycles. The Labute approximate surface area is 157 Å². The van der Waals surface area contributed by atoms with Crippen molar-refractivity contribution in [3.8, 4) is 0 Å². The first kappa shape index (κ1) is 18.7. The molecule has 1 heterocycles. The van der Waals surface area contributed by atoms with Crippen molar-refractivity contribution >= 4 is 33.2 Å². The second-order valence-corrected chi connectivity index (χ2v) is 8.12. The third kappa shape index (κ3) is 4.17. The third-order valence-electron chi connectivity index (χ3n) is 4.13. The molecule has 1 fully saturated rings. The number of carbonyl (C=O) groups excluding carboxylic acids is 1. The molecule has 138 valence electrons. The van der Waals surface area contributed by atoms with Gasteiger partial charge in [-0.05, 0) is 42.8 Å². The highest BCUT2D eigenvalue weighted by atomic mass is 35.5. The number of hydrogen-bond donors (Lipinski definition) is 1. The van der Waals surface area contributed by atoms with Gasteiger partial charge in [0.25, 0.3) is 15.9 Å². The molecule has 0 aromatic heterocycles. The number of anilines is 1. The minimum Gasteiger partial charge on any atom is -0.378 e. The lowest BCUT2D eigenvalue weighted by atomic mass is 10.2. The average molecular weight is 395 g/mol.